The molecule has 6 N–H and O–H groups in total. The zero-order valence-corrected chi connectivity index (χ0v) is 13.4. The quantitative estimate of drug-likeness (QED) is 0.300. The van der Waals surface area contributed by atoms with Crippen LogP contribution in [0, 0.1) is 0 Å². The largest absolute Gasteiger partial charge is 0.493 e. The van der Waals surface area contributed by atoms with E-state index in [1.54, 1.807) is 0 Å². The lowest BCUT2D eigenvalue weighted by atomic mass is 9.85. The molecule has 3 atom stereocenters. The molecule has 0 saturated carbocycles. The van der Waals surface area contributed by atoms with Crippen molar-refractivity contribution in [2.24, 2.45) is 4.99 Å². The molecule has 0 aromatic carbocycles. The zero-order valence-electron chi connectivity index (χ0n) is 13.4. The first-order chi connectivity index (χ1) is 11.1. The van der Waals surface area contributed by atoms with Gasteiger partial charge in [0.2, 0.25) is 0 Å². The van der Waals surface area contributed by atoms with Crippen LogP contribution in [0.15, 0.2) is 16.4 Å². The lowest BCUT2D eigenvalue weighted by Gasteiger charge is -2.35. The van der Waals surface area contributed by atoms with Crippen molar-refractivity contribution in [3.8, 4) is 0 Å². The molecule has 1 aliphatic carbocycles. The lowest BCUT2D eigenvalue weighted by Crippen LogP contribution is -2.49. The number of aliphatic carboxylic acids is 2. The number of methoxy groups -OCH3 is 1. The first-order valence-electron chi connectivity index (χ1n) is 7.17. The van der Waals surface area contributed by atoms with Crippen molar-refractivity contribution in [3.63, 3.8) is 0 Å². The molecule has 24 heavy (non-hydrogen) atoms. The summed E-state index contributed by atoms with van der Waals surface area (Å²) in [4.78, 5) is 25.8. The predicted octanol–water partition coefficient (Wildman–Crippen LogP) is -1.69. The highest BCUT2D eigenvalue weighted by Gasteiger charge is 2.39. The van der Waals surface area contributed by atoms with Gasteiger partial charge in [0.05, 0.1) is 36.8 Å². The van der Waals surface area contributed by atoms with Crippen LogP contribution >= 0.6 is 0 Å². The molecule has 0 saturated heterocycles. The van der Waals surface area contributed by atoms with Gasteiger partial charge in [-0.15, -0.1) is 0 Å². The highest BCUT2D eigenvalue weighted by Crippen LogP contribution is 2.30. The molecule has 0 amide bonds. The van der Waals surface area contributed by atoms with Crippen molar-refractivity contribution < 1.29 is 39.9 Å². The van der Waals surface area contributed by atoms with Crippen LogP contribution in [0.5, 0.6) is 0 Å². The number of aliphatic hydroxyl groups excluding tert-OH is 2. The average Bonchev–Trinajstić information content (AvgIpc) is 2.49. The Hall–Kier alpha value is -2.17. The highest BCUT2D eigenvalue weighted by atomic mass is 16.5. The third-order valence-electron chi connectivity index (χ3n) is 3.52. The van der Waals surface area contributed by atoms with E-state index in [0.29, 0.717) is 0 Å². The van der Waals surface area contributed by atoms with E-state index in [2.05, 4.69) is 10.3 Å². The maximum atomic E-state index is 11.2. The summed E-state index contributed by atoms with van der Waals surface area (Å²) < 4.78 is 5.17. The molecular formula is C14H22N2O8. The van der Waals surface area contributed by atoms with E-state index in [1.165, 1.54) is 14.0 Å². The minimum Gasteiger partial charge on any atom is -0.493 e. The van der Waals surface area contributed by atoms with Crippen LogP contribution in [-0.4, -0.2) is 81.2 Å². The normalized spacial score (nSPS) is 25.3. The van der Waals surface area contributed by atoms with Gasteiger partial charge in [0.25, 0.3) is 0 Å². The third kappa shape index (κ3) is 4.91. The summed E-state index contributed by atoms with van der Waals surface area (Å²) in [5.41, 5.74) is -1.46. The monoisotopic (exact) mass is 346 g/mol. The van der Waals surface area contributed by atoms with Crippen molar-refractivity contribution in [1.29, 1.82) is 0 Å². The van der Waals surface area contributed by atoms with E-state index in [9.17, 15) is 24.9 Å². The molecule has 0 radical (unpaired) electrons. The van der Waals surface area contributed by atoms with E-state index in [4.69, 9.17) is 14.9 Å². The van der Waals surface area contributed by atoms with Gasteiger partial charge in [-0.05, 0) is 6.92 Å². The van der Waals surface area contributed by atoms with Crippen LogP contribution < -0.4 is 5.32 Å². The molecule has 1 rings (SSSR count). The number of nitrogens with one attached hydrogen (secondary N) is 1. The van der Waals surface area contributed by atoms with Crippen molar-refractivity contribution in [2.75, 3.05) is 20.3 Å². The highest BCUT2D eigenvalue weighted by molar-refractivity contribution is 6.01. The number of carboxylic acids is 2. The first-order valence-corrected chi connectivity index (χ1v) is 7.17. The van der Waals surface area contributed by atoms with Gasteiger partial charge in [-0.1, -0.05) is 0 Å². The van der Waals surface area contributed by atoms with E-state index in [-0.39, 0.29) is 30.0 Å². The standard InChI is InChI=1S/C14H22N2O8/c1-7(18)11(13(21)22)16-9-4-14(23,6-17)3-8(12(9)24-2)15-5-10(19)20/h7,11,16-18,23H,3-6H2,1-2H3,(H,19,20)(H,21,22)/t7-,11-,14-/m0/s1. The van der Waals surface area contributed by atoms with E-state index < -0.39 is 42.8 Å². The SMILES string of the molecule is COC1=C(N[C@H](C(=O)O)[C@H](C)O)C[C@](O)(CO)CC1=NCC(=O)O. The van der Waals surface area contributed by atoms with Crippen LogP contribution in [0.1, 0.15) is 19.8 Å². The molecule has 0 aromatic rings. The molecule has 10 nitrogen and oxygen atoms in total. The molecule has 0 spiro atoms. The van der Waals surface area contributed by atoms with E-state index in [1.807, 2.05) is 0 Å². The van der Waals surface area contributed by atoms with Gasteiger partial charge in [-0.25, -0.2) is 4.79 Å². The van der Waals surface area contributed by atoms with Crippen LogP contribution in [0.4, 0.5) is 0 Å². The van der Waals surface area contributed by atoms with Gasteiger partial charge < -0.3 is 35.6 Å². The molecule has 1 aliphatic rings. The minimum absolute atomic E-state index is 0.0833. The fraction of sp³-hybridized carbons (Fsp3) is 0.643. The number of carbonyl (C=O) groups is 2. The fourth-order valence-electron chi connectivity index (χ4n) is 2.37. The number of carboxylic acid groups (broad SMARTS) is 2. The predicted molar refractivity (Wildman–Crippen MR) is 81.5 cm³/mol. The molecule has 0 bridgehead atoms. The summed E-state index contributed by atoms with van der Waals surface area (Å²) >= 11 is 0. The second-order valence-corrected chi connectivity index (χ2v) is 5.61. The van der Waals surface area contributed by atoms with Crippen LogP contribution in [0.25, 0.3) is 0 Å². The Morgan fingerprint density at radius 2 is 2.00 bits per heavy atom. The minimum atomic E-state index is -1.65. The maximum absolute atomic E-state index is 11.2. The summed E-state index contributed by atoms with van der Waals surface area (Å²) in [5, 5.41) is 49.8. The number of hydrogen-bond donors (Lipinski definition) is 6. The van der Waals surface area contributed by atoms with Crippen LogP contribution in [0.2, 0.25) is 0 Å². The van der Waals surface area contributed by atoms with Gasteiger partial charge in [0.15, 0.2) is 11.8 Å². The van der Waals surface area contributed by atoms with Gasteiger partial charge in [-0.2, -0.15) is 0 Å². The fourth-order valence-corrected chi connectivity index (χ4v) is 2.37. The van der Waals surface area contributed by atoms with Crippen molar-refractivity contribution in [2.45, 2.75) is 37.5 Å². The molecule has 0 aliphatic heterocycles. The first kappa shape index (κ1) is 19.9. The second kappa shape index (κ2) is 8.08. The number of nitrogens with zero attached hydrogens (tertiary/aromatic N) is 1. The number of aliphatic imine (C=N–C) groups is 1. The smallest absolute Gasteiger partial charge is 0.328 e. The number of aliphatic hydroxyl groups is 3. The number of rotatable bonds is 8. The van der Waals surface area contributed by atoms with Gasteiger partial charge in [0.1, 0.15) is 6.54 Å². The summed E-state index contributed by atoms with van der Waals surface area (Å²) in [6.07, 6.45) is -1.58. The van der Waals surface area contributed by atoms with E-state index >= 15 is 0 Å². The summed E-state index contributed by atoms with van der Waals surface area (Å²) in [5.74, 6) is -2.44. The van der Waals surface area contributed by atoms with Crippen molar-refractivity contribution >= 4 is 17.7 Å². The summed E-state index contributed by atoms with van der Waals surface area (Å²) in [6.45, 7) is 0.0583. The molecule has 0 aromatic heterocycles. The third-order valence-corrected chi connectivity index (χ3v) is 3.52. The Labute approximate surface area is 138 Å². The summed E-state index contributed by atoms with van der Waals surface area (Å²) in [7, 11) is 1.29. The van der Waals surface area contributed by atoms with Crippen molar-refractivity contribution in [3.05, 3.63) is 11.5 Å². The molecule has 10 heteroatoms. The Bertz CT molecular complexity index is 557. The van der Waals surface area contributed by atoms with Gasteiger partial charge in [-0.3, -0.25) is 9.79 Å². The topological polar surface area (TPSA) is 169 Å². The number of ether oxygens (including phenoxy) is 1. The maximum Gasteiger partial charge on any atom is 0.328 e. The Balaban J connectivity index is 3.29. The van der Waals surface area contributed by atoms with Gasteiger partial charge in [0, 0.05) is 12.8 Å². The Morgan fingerprint density at radius 1 is 1.38 bits per heavy atom. The van der Waals surface area contributed by atoms with Crippen LogP contribution in [-0.2, 0) is 14.3 Å². The lowest BCUT2D eigenvalue weighted by molar-refractivity contribution is -0.142. The average molecular weight is 346 g/mol. The molecule has 136 valence electrons. The second-order valence-electron chi connectivity index (χ2n) is 5.61. The van der Waals surface area contributed by atoms with Crippen LogP contribution in [0.3, 0.4) is 0 Å². The number of hydrogen-bond acceptors (Lipinski definition) is 8. The molecular weight excluding hydrogens is 324 g/mol. The molecule has 0 unspecified atom stereocenters. The van der Waals surface area contributed by atoms with E-state index in [0.717, 1.165) is 0 Å². The van der Waals surface area contributed by atoms with Gasteiger partial charge >= 0.3 is 11.9 Å². The zero-order chi connectivity index (χ0) is 18.5. The summed E-state index contributed by atoms with van der Waals surface area (Å²) in [6, 6.07) is -1.38. The number of allylic oxidation sites excluding steroid dienone is 1. The molecule has 0 heterocycles. The van der Waals surface area contributed by atoms with Crippen molar-refractivity contribution in [1.82, 2.24) is 5.32 Å². The molecule has 0 fully saturated rings. The Kier molecular flexibility index (Phi) is 6.70. The Morgan fingerprint density at radius 3 is 2.42 bits per heavy atom.